The molecule has 2 saturated heterocycles. The van der Waals surface area contributed by atoms with Gasteiger partial charge in [0.2, 0.25) is 5.91 Å². The van der Waals surface area contributed by atoms with Crippen LogP contribution in [-0.4, -0.2) is 79.3 Å². The second-order valence-corrected chi connectivity index (χ2v) is 13.0. The number of hydrogen-bond acceptors (Lipinski definition) is 7. The SMILES string of the molecule is O=C(O)CCCOc1cc(-c2sc3ccccc3c2Cc2ccc(OCCN3CCCC3=O)cc2)ccc1OCCN1CCCC1. The molecule has 6 rings (SSSR count). The molecule has 1 N–H and O–H groups in total. The van der Waals surface area contributed by atoms with Gasteiger partial charge in [-0.15, -0.1) is 11.3 Å². The molecule has 46 heavy (non-hydrogen) atoms. The van der Waals surface area contributed by atoms with Crippen molar-refractivity contribution in [2.24, 2.45) is 0 Å². The Bertz CT molecular complexity index is 1630. The zero-order chi connectivity index (χ0) is 31.7. The molecule has 242 valence electrons. The molecular formula is C37H42N2O6S. The second-order valence-electron chi connectivity index (χ2n) is 12.0. The molecule has 0 aliphatic carbocycles. The molecule has 0 spiro atoms. The molecule has 1 aromatic heterocycles. The number of benzene rings is 3. The number of aliphatic carboxylic acids is 1. The highest BCUT2D eigenvalue weighted by atomic mass is 32.1. The highest BCUT2D eigenvalue weighted by Gasteiger charge is 2.20. The van der Waals surface area contributed by atoms with Crippen LogP contribution in [0.5, 0.6) is 17.2 Å². The van der Waals surface area contributed by atoms with E-state index in [0.29, 0.717) is 50.7 Å². The summed E-state index contributed by atoms with van der Waals surface area (Å²) in [7, 11) is 0. The number of carboxylic acid groups (broad SMARTS) is 1. The molecule has 3 aromatic carbocycles. The Morgan fingerprint density at radius 2 is 1.61 bits per heavy atom. The monoisotopic (exact) mass is 642 g/mol. The van der Waals surface area contributed by atoms with Gasteiger partial charge in [-0.3, -0.25) is 14.5 Å². The molecule has 2 aliphatic rings. The summed E-state index contributed by atoms with van der Waals surface area (Å²) < 4.78 is 19.5. The number of amides is 1. The van der Waals surface area contributed by atoms with E-state index < -0.39 is 5.97 Å². The quantitative estimate of drug-likeness (QED) is 0.133. The van der Waals surface area contributed by atoms with Crippen molar-refractivity contribution in [3.8, 4) is 27.7 Å². The average molecular weight is 643 g/mol. The Morgan fingerprint density at radius 1 is 0.826 bits per heavy atom. The van der Waals surface area contributed by atoms with Crippen molar-refractivity contribution < 1.29 is 28.9 Å². The maximum Gasteiger partial charge on any atom is 0.303 e. The first-order valence-electron chi connectivity index (χ1n) is 16.4. The van der Waals surface area contributed by atoms with E-state index in [-0.39, 0.29) is 12.3 Å². The van der Waals surface area contributed by atoms with Crippen molar-refractivity contribution >= 4 is 33.3 Å². The number of likely N-dealkylation sites (tertiary alicyclic amines) is 2. The van der Waals surface area contributed by atoms with Gasteiger partial charge in [-0.2, -0.15) is 0 Å². The van der Waals surface area contributed by atoms with Crippen LogP contribution in [0.3, 0.4) is 0 Å². The fraction of sp³-hybridized carbons (Fsp3) is 0.405. The minimum Gasteiger partial charge on any atom is -0.492 e. The summed E-state index contributed by atoms with van der Waals surface area (Å²) in [6.07, 6.45) is 5.31. The van der Waals surface area contributed by atoms with E-state index in [1.54, 1.807) is 11.3 Å². The first-order chi connectivity index (χ1) is 22.5. The fourth-order valence-corrected chi connectivity index (χ4v) is 7.42. The Labute approximate surface area is 274 Å². The van der Waals surface area contributed by atoms with Crippen molar-refractivity contribution in [1.82, 2.24) is 9.80 Å². The third-order valence-electron chi connectivity index (χ3n) is 8.67. The maximum absolute atomic E-state index is 11.9. The summed E-state index contributed by atoms with van der Waals surface area (Å²) in [5.74, 6) is 1.52. The zero-order valence-electron chi connectivity index (χ0n) is 26.2. The van der Waals surface area contributed by atoms with Gasteiger partial charge >= 0.3 is 5.97 Å². The van der Waals surface area contributed by atoms with Crippen LogP contribution in [0, 0.1) is 0 Å². The molecule has 2 aliphatic heterocycles. The van der Waals surface area contributed by atoms with Crippen LogP contribution in [0.1, 0.15) is 49.7 Å². The first-order valence-corrected chi connectivity index (χ1v) is 17.2. The molecule has 2 fully saturated rings. The van der Waals surface area contributed by atoms with Crippen LogP contribution in [0.2, 0.25) is 0 Å². The van der Waals surface area contributed by atoms with Gasteiger partial charge in [-0.05, 0) is 104 Å². The third kappa shape index (κ3) is 8.19. The average Bonchev–Trinajstić information content (AvgIpc) is 3.82. The number of carboxylic acids is 1. The van der Waals surface area contributed by atoms with Crippen molar-refractivity contribution in [3.05, 3.63) is 77.9 Å². The van der Waals surface area contributed by atoms with Crippen LogP contribution in [0.15, 0.2) is 66.7 Å². The van der Waals surface area contributed by atoms with E-state index in [1.165, 1.54) is 38.9 Å². The summed E-state index contributed by atoms with van der Waals surface area (Å²) in [6.45, 7) is 5.93. The van der Waals surface area contributed by atoms with Gasteiger partial charge in [-0.25, -0.2) is 0 Å². The fourth-order valence-electron chi connectivity index (χ4n) is 6.21. The Kier molecular flexibility index (Phi) is 10.7. The van der Waals surface area contributed by atoms with Gasteiger partial charge in [0.25, 0.3) is 0 Å². The standard InChI is InChI=1S/C37H42N2O6S/c40-35-9-5-19-39(35)21-24-43-29-14-11-27(12-15-29)25-31-30-7-1-2-8-34(30)46-37(31)28-13-16-32(45-23-20-38-17-3-4-18-38)33(26-28)44-22-6-10-36(41)42/h1-2,7-8,11-16,26H,3-6,9-10,17-25H2,(H,41,42). The van der Waals surface area contributed by atoms with E-state index >= 15 is 0 Å². The number of carbonyl (C=O) groups is 2. The smallest absolute Gasteiger partial charge is 0.303 e. The lowest BCUT2D eigenvalue weighted by Gasteiger charge is -2.17. The van der Waals surface area contributed by atoms with Crippen molar-refractivity contribution in [1.29, 1.82) is 0 Å². The zero-order valence-corrected chi connectivity index (χ0v) is 27.1. The number of nitrogens with zero attached hydrogens (tertiary/aromatic N) is 2. The largest absolute Gasteiger partial charge is 0.492 e. The van der Waals surface area contributed by atoms with Crippen LogP contribution in [0.4, 0.5) is 0 Å². The number of fused-ring (bicyclic) bond motifs is 1. The van der Waals surface area contributed by atoms with Gasteiger partial charge in [0.05, 0.1) is 13.2 Å². The maximum atomic E-state index is 11.9. The summed E-state index contributed by atoms with van der Waals surface area (Å²) in [5, 5.41) is 10.3. The molecule has 3 heterocycles. The van der Waals surface area contributed by atoms with Crippen molar-refractivity contribution in [2.75, 3.05) is 52.5 Å². The Hall–Kier alpha value is -4.08. The van der Waals surface area contributed by atoms with E-state index in [1.807, 2.05) is 29.2 Å². The van der Waals surface area contributed by atoms with Crippen LogP contribution >= 0.6 is 11.3 Å². The van der Waals surface area contributed by atoms with Gasteiger partial charge < -0.3 is 24.2 Å². The number of thiophene rings is 1. The summed E-state index contributed by atoms with van der Waals surface area (Å²) in [5.41, 5.74) is 3.48. The molecular weight excluding hydrogens is 600 g/mol. The number of carbonyl (C=O) groups excluding carboxylic acids is 1. The van der Waals surface area contributed by atoms with E-state index in [9.17, 15) is 9.59 Å². The lowest BCUT2D eigenvalue weighted by atomic mass is 9.98. The predicted molar refractivity (Wildman–Crippen MR) is 181 cm³/mol. The van der Waals surface area contributed by atoms with Crippen molar-refractivity contribution in [2.45, 2.75) is 44.9 Å². The molecule has 4 aromatic rings. The topological polar surface area (TPSA) is 88.5 Å². The molecule has 1 amide bonds. The molecule has 0 saturated carbocycles. The predicted octanol–water partition coefficient (Wildman–Crippen LogP) is 6.88. The van der Waals surface area contributed by atoms with Gasteiger partial charge in [0, 0.05) is 35.5 Å². The van der Waals surface area contributed by atoms with Gasteiger partial charge in [0.1, 0.15) is 19.0 Å². The van der Waals surface area contributed by atoms with E-state index in [2.05, 4.69) is 47.4 Å². The highest BCUT2D eigenvalue weighted by molar-refractivity contribution is 7.22. The minimum absolute atomic E-state index is 0.0628. The molecule has 0 radical (unpaired) electrons. The normalized spacial score (nSPS) is 15.1. The summed E-state index contributed by atoms with van der Waals surface area (Å²) in [4.78, 5) is 28.4. The lowest BCUT2D eigenvalue weighted by Crippen LogP contribution is -2.29. The minimum atomic E-state index is -0.826. The molecule has 8 nitrogen and oxygen atoms in total. The molecule has 0 bridgehead atoms. The van der Waals surface area contributed by atoms with Crippen molar-refractivity contribution in [3.63, 3.8) is 0 Å². The first kappa shape index (κ1) is 31.9. The third-order valence-corrected chi connectivity index (χ3v) is 9.93. The lowest BCUT2D eigenvalue weighted by molar-refractivity contribution is -0.137. The number of ether oxygens (including phenoxy) is 3. The van der Waals surface area contributed by atoms with E-state index in [0.717, 1.165) is 50.3 Å². The number of rotatable bonds is 16. The number of hydrogen-bond donors (Lipinski definition) is 1. The summed E-state index contributed by atoms with van der Waals surface area (Å²) in [6, 6.07) is 22.9. The van der Waals surface area contributed by atoms with E-state index in [4.69, 9.17) is 19.3 Å². The second kappa shape index (κ2) is 15.5. The van der Waals surface area contributed by atoms with Crippen LogP contribution < -0.4 is 14.2 Å². The highest BCUT2D eigenvalue weighted by Crippen LogP contribution is 2.42. The van der Waals surface area contributed by atoms with Gasteiger partial charge in [0.15, 0.2) is 11.5 Å². The molecule has 9 heteroatoms. The Balaban J connectivity index is 1.19. The molecule has 0 unspecified atom stereocenters. The molecule has 0 atom stereocenters. The summed E-state index contributed by atoms with van der Waals surface area (Å²) >= 11 is 1.77. The van der Waals surface area contributed by atoms with Crippen LogP contribution in [0.25, 0.3) is 20.5 Å². The van der Waals surface area contributed by atoms with Gasteiger partial charge in [-0.1, -0.05) is 30.3 Å². The van der Waals surface area contributed by atoms with Crippen LogP contribution in [-0.2, 0) is 16.0 Å². The Morgan fingerprint density at radius 3 is 2.39 bits per heavy atom.